The molecule has 29 heavy (non-hydrogen) atoms. The summed E-state index contributed by atoms with van der Waals surface area (Å²) in [5, 5.41) is 18.3. The first-order valence-electron chi connectivity index (χ1n) is 11.3. The van der Waals surface area contributed by atoms with Crippen LogP contribution < -0.4 is 15.5 Å². The lowest BCUT2D eigenvalue weighted by atomic mass is 9.53. The summed E-state index contributed by atoms with van der Waals surface area (Å²) in [5.74, 6) is 1.11. The van der Waals surface area contributed by atoms with Gasteiger partial charge < -0.3 is 20.6 Å². The number of anilines is 3. The first-order valence-corrected chi connectivity index (χ1v) is 11.3. The van der Waals surface area contributed by atoms with Gasteiger partial charge in [0.2, 0.25) is 0 Å². The van der Waals surface area contributed by atoms with Gasteiger partial charge >= 0.3 is 0 Å². The summed E-state index contributed by atoms with van der Waals surface area (Å²) >= 11 is 0. The molecule has 0 unspecified atom stereocenters. The zero-order chi connectivity index (χ0) is 20.0. The molecule has 3 aliphatic rings. The van der Waals surface area contributed by atoms with Crippen LogP contribution in [0.25, 0.3) is 0 Å². The molecule has 2 bridgehead atoms. The van der Waals surface area contributed by atoms with E-state index in [-0.39, 0.29) is 5.41 Å². The van der Waals surface area contributed by atoms with Crippen LogP contribution in [-0.4, -0.2) is 31.3 Å². The second kappa shape index (κ2) is 7.24. The van der Waals surface area contributed by atoms with Crippen molar-refractivity contribution in [3.8, 4) is 5.75 Å². The molecule has 3 atom stereocenters. The number of para-hydroxylation sites is 2. The normalized spacial score (nSPS) is 27.7. The third-order valence-corrected chi connectivity index (χ3v) is 7.82. The third kappa shape index (κ3) is 3.00. The summed E-state index contributed by atoms with van der Waals surface area (Å²) in [4.78, 5) is 2.22. The zero-order valence-electron chi connectivity index (χ0n) is 17.7. The van der Waals surface area contributed by atoms with Crippen molar-refractivity contribution in [2.45, 2.75) is 56.9 Å². The fourth-order valence-corrected chi connectivity index (χ4v) is 6.30. The highest BCUT2D eigenvalue weighted by Gasteiger charge is 2.51. The minimum Gasteiger partial charge on any atom is -0.506 e. The van der Waals surface area contributed by atoms with Gasteiger partial charge in [-0.1, -0.05) is 25.0 Å². The van der Waals surface area contributed by atoms with Crippen LogP contribution in [0.15, 0.2) is 36.4 Å². The lowest BCUT2D eigenvalue weighted by Gasteiger charge is -2.56. The molecule has 0 aromatic heterocycles. The standard InChI is InChI=1S/C25H33N3O/c1-3-28(2)23-10-5-4-9-20(23)27-22-15-17-14-21-18-8-6-7-11-25(18,12-13-26-21)19(17)16-24(22)29/h4-5,9-10,15-16,18,21,26-27,29H,3,6-8,11-14H2,1-2H3/t18-,21+,25+/m1/s1. The maximum Gasteiger partial charge on any atom is 0.139 e. The monoisotopic (exact) mass is 391 g/mol. The number of benzene rings is 2. The summed E-state index contributed by atoms with van der Waals surface area (Å²) < 4.78 is 0. The van der Waals surface area contributed by atoms with E-state index in [0.717, 1.165) is 42.5 Å². The number of piperidine rings is 1. The van der Waals surface area contributed by atoms with E-state index in [0.29, 0.717) is 11.8 Å². The number of aromatic hydroxyl groups is 1. The van der Waals surface area contributed by atoms with Crippen LogP contribution >= 0.6 is 0 Å². The molecule has 2 aliphatic carbocycles. The second-order valence-electron chi connectivity index (χ2n) is 9.21. The lowest BCUT2D eigenvalue weighted by Crippen LogP contribution is -2.59. The molecule has 2 aromatic carbocycles. The van der Waals surface area contributed by atoms with Gasteiger partial charge in [0.15, 0.2) is 0 Å². The van der Waals surface area contributed by atoms with Gasteiger partial charge in [-0.05, 0) is 80.5 Å². The molecule has 3 N–H and O–H groups in total. The topological polar surface area (TPSA) is 47.5 Å². The van der Waals surface area contributed by atoms with Crippen molar-refractivity contribution in [2.24, 2.45) is 5.92 Å². The molecule has 1 saturated carbocycles. The summed E-state index contributed by atoms with van der Waals surface area (Å²) in [7, 11) is 2.10. The van der Waals surface area contributed by atoms with Gasteiger partial charge in [0, 0.05) is 25.0 Å². The molecular weight excluding hydrogens is 358 g/mol. The predicted octanol–water partition coefficient (Wildman–Crippen LogP) is 4.94. The number of rotatable bonds is 4. The highest BCUT2D eigenvalue weighted by atomic mass is 16.3. The van der Waals surface area contributed by atoms with Crippen LogP contribution in [-0.2, 0) is 11.8 Å². The van der Waals surface area contributed by atoms with Gasteiger partial charge in [0.1, 0.15) is 5.75 Å². The number of fused-ring (bicyclic) bond motifs is 1. The van der Waals surface area contributed by atoms with Crippen molar-refractivity contribution in [1.29, 1.82) is 0 Å². The van der Waals surface area contributed by atoms with E-state index < -0.39 is 0 Å². The molecular formula is C25H33N3O. The quantitative estimate of drug-likeness (QED) is 0.646. The maximum absolute atomic E-state index is 11.0. The van der Waals surface area contributed by atoms with E-state index in [2.05, 4.69) is 59.8 Å². The summed E-state index contributed by atoms with van der Waals surface area (Å²) in [6, 6.07) is 13.2. The minimum atomic E-state index is 0.276. The van der Waals surface area contributed by atoms with Crippen molar-refractivity contribution in [3.05, 3.63) is 47.5 Å². The van der Waals surface area contributed by atoms with E-state index in [9.17, 15) is 5.11 Å². The van der Waals surface area contributed by atoms with Gasteiger partial charge in [-0.15, -0.1) is 0 Å². The summed E-state index contributed by atoms with van der Waals surface area (Å²) in [5.41, 5.74) is 6.14. The number of phenolic OH excluding ortho intramolecular Hbond substituents is 1. The van der Waals surface area contributed by atoms with E-state index in [1.807, 2.05) is 6.07 Å². The first kappa shape index (κ1) is 18.8. The molecule has 5 rings (SSSR count). The molecule has 0 amide bonds. The summed E-state index contributed by atoms with van der Waals surface area (Å²) in [6.07, 6.45) is 7.56. The van der Waals surface area contributed by atoms with Crippen LogP contribution in [0.3, 0.4) is 0 Å². The van der Waals surface area contributed by atoms with Crippen LogP contribution in [0.5, 0.6) is 5.75 Å². The van der Waals surface area contributed by atoms with Gasteiger partial charge in [-0.2, -0.15) is 0 Å². The zero-order valence-corrected chi connectivity index (χ0v) is 17.7. The molecule has 2 aromatic rings. The minimum absolute atomic E-state index is 0.276. The average Bonchev–Trinajstić information content (AvgIpc) is 2.75. The number of hydrogen-bond acceptors (Lipinski definition) is 4. The SMILES string of the molecule is CCN(C)c1ccccc1Nc1cc2c(cc1O)[C@]13CCCC[C@@H]1[C@H](C2)NCC3. The van der Waals surface area contributed by atoms with E-state index in [1.54, 1.807) is 0 Å². The second-order valence-corrected chi connectivity index (χ2v) is 9.21. The molecule has 4 nitrogen and oxygen atoms in total. The van der Waals surface area contributed by atoms with Crippen molar-refractivity contribution < 1.29 is 5.11 Å². The smallest absolute Gasteiger partial charge is 0.139 e. The predicted molar refractivity (Wildman–Crippen MR) is 121 cm³/mol. The highest BCUT2D eigenvalue weighted by molar-refractivity contribution is 5.78. The van der Waals surface area contributed by atoms with E-state index >= 15 is 0 Å². The highest BCUT2D eigenvalue weighted by Crippen LogP contribution is 2.55. The van der Waals surface area contributed by atoms with Gasteiger partial charge in [-0.25, -0.2) is 0 Å². The largest absolute Gasteiger partial charge is 0.506 e. The van der Waals surface area contributed by atoms with Crippen LogP contribution in [0.2, 0.25) is 0 Å². The van der Waals surface area contributed by atoms with Crippen molar-refractivity contribution >= 4 is 17.1 Å². The molecule has 0 radical (unpaired) electrons. The third-order valence-electron chi connectivity index (χ3n) is 7.82. The summed E-state index contributed by atoms with van der Waals surface area (Å²) in [6.45, 7) is 4.20. The molecule has 4 heteroatoms. The molecule has 154 valence electrons. The number of phenols is 1. The Balaban J connectivity index is 1.54. The number of nitrogens with zero attached hydrogens (tertiary/aromatic N) is 1. The lowest BCUT2D eigenvalue weighted by molar-refractivity contribution is 0.0796. The fraction of sp³-hybridized carbons (Fsp3) is 0.520. The van der Waals surface area contributed by atoms with Gasteiger partial charge in [-0.3, -0.25) is 0 Å². The molecule has 1 aliphatic heterocycles. The Bertz CT molecular complexity index is 907. The fourth-order valence-electron chi connectivity index (χ4n) is 6.30. The Morgan fingerprint density at radius 2 is 2.03 bits per heavy atom. The van der Waals surface area contributed by atoms with Crippen molar-refractivity contribution in [1.82, 2.24) is 5.32 Å². The Kier molecular flexibility index (Phi) is 4.70. The van der Waals surface area contributed by atoms with Crippen LogP contribution in [0.4, 0.5) is 17.1 Å². The van der Waals surface area contributed by atoms with E-state index in [4.69, 9.17) is 0 Å². The maximum atomic E-state index is 11.0. The van der Waals surface area contributed by atoms with Crippen molar-refractivity contribution in [3.63, 3.8) is 0 Å². The van der Waals surface area contributed by atoms with Gasteiger partial charge in [0.25, 0.3) is 0 Å². The first-order chi connectivity index (χ1) is 14.1. The number of hydrogen-bond donors (Lipinski definition) is 3. The Morgan fingerprint density at radius 3 is 2.90 bits per heavy atom. The number of nitrogens with one attached hydrogen (secondary N) is 2. The molecule has 1 heterocycles. The molecule has 2 fully saturated rings. The van der Waals surface area contributed by atoms with Crippen LogP contribution in [0, 0.1) is 5.92 Å². The van der Waals surface area contributed by atoms with Gasteiger partial charge in [0.05, 0.1) is 17.1 Å². The molecule has 1 saturated heterocycles. The Labute approximate surface area is 174 Å². The molecule has 0 spiro atoms. The van der Waals surface area contributed by atoms with Crippen molar-refractivity contribution in [2.75, 3.05) is 30.4 Å². The Hall–Kier alpha value is -2.20. The van der Waals surface area contributed by atoms with Crippen LogP contribution in [0.1, 0.15) is 50.2 Å². The Morgan fingerprint density at radius 1 is 1.17 bits per heavy atom. The van der Waals surface area contributed by atoms with E-state index in [1.165, 1.54) is 43.2 Å². The average molecular weight is 392 g/mol.